The van der Waals surface area contributed by atoms with Gasteiger partial charge in [0.15, 0.2) is 5.82 Å². The number of benzene rings is 3. The van der Waals surface area contributed by atoms with Gasteiger partial charge in [0.25, 0.3) is 0 Å². The summed E-state index contributed by atoms with van der Waals surface area (Å²) in [7, 11) is 1.66. The minimum absolute atomic E-state index is 0.621. The van der Waals surface area contributed by atoms with Gasteiger partial charge in [0.1, 0.15) is 11.4 Å². The molecule has 0 aliphatic heterocycles. The molecule has 28 heavy (non-hydrogen) atoms. The summed E-state index contributed by atoms with van der Waals surface area (Å²) in [5.41, 5.74) is 4.52. The van der Waals surface area contributed by atoms with Crippen LogP contribution in [0.1, 0.15) is 0 Å². The third kappa shape index (κ3) is 2.85. The van der Waals surface area contributed by atoms with Gasteiger partial charge in [-0.25, -0.2) is 15.0 Å². The summed E-state index contributed by atoms with van der Waals surface area (Å²) >= 11 is 0. The lowest BCUT2D eigenvalue weighted by atomic mass is 10.1. The van der Waals surface area contributed by atoms with Gasteiger partial charge < -0.3 is 4.74 Å². The average Bonchev–Trinajstić information content (AvgIpc) is 2.78. The maximum absolute atomic E-state index is 5.30. The Labute approximate surface area is 162 Å². The number of fused-ring (bicyclic) bond motifs is 2. The SMILES string of the molecule is COc1ccc2nc(-c3nc(-c4ccccc4)c4ccccc4n3)ccc2c1. The van der Waals surface area contributed by atoms with E-state index in [2.05, 4.69) is 18.2 Å². The van der Waals surface area contributed by atoms with Crippen LogP contribution in [0, 0.1) is 0 Å². The molecule has 0 unspecified atom stereocenters. The van der Waals surface area contributed by atoms with Crippen molar-refractivity contribution in [1.29, 1.82) is 0 Å². The monoisotopic (exact) mass is 363 g/mol. The number of pyridine rings is 1. The Kier molecular flexibility index (Phi) is 3.95. The predicted molar refractivity (Wildman–Crippen MR) is 112 cm³/mol. The number of rotatable bonds is 3. The summed E-state index contributed by atoms with van der Waals surface area (Å²) in [6.45, 7) is 0. The highest BCUT2D eigenvalue weighted by Gasteiger charge is 2.12. The Morgan fingerprint density at radius 2 is 1.50 bits per heavy atom. The van der Waals surface area contributed by atoms with Crippen LogP contribution in [-0.4, -0.2) is 22.1 Å². The highest BCUT2D eigenvalue weighted by atomic mass is 16.5. The number of methoxy groups -OCH3 is 1. The Bertz CT molecular complexity index is 1300. The van der Waals surface area contributed by atoms with Crippen molar-refractivity contribution < 1.29 is 4.74 Å². The van der Waals surface area contributed by atoms with Gasteiger partial charge in [-0.15, -0.1) is 0 Å². The van der Waals surface area contributed by atoms with E-state index >= 15 is 0 Å². The zero-order valence-corrected chi connectivity index (χ0v) is 15.3. The number of aromatic nitrogens is 3. The number of para-hydroxylation sites is 1. The fourth-order valence-electron chi connectivity index (χ4n) is 3.36. The van der Waals surface area contributed by atoms with Crippen LogP contribution in [0.3, 0.4) is 0 Å². The van der Waals surface area contributed by atoms with Crippen molar-refractivity contribution in [2.45, 2.75) is 0 Å². The molecule has 0 saturated carbocycles. The molecule has 0 aliphatic carbocycles. The summed E-state index contributed by atoms with van der Waals surface area (Å²) in [5.74, 6) is 1.44. The van der Waals surface area contributed by atoms with Crippen molar-refractivity contribution in [3.63, 3.8) is 0 Å². The number of hydrogen-bond donors (Lipinski definition) is 0. The summed E-state index contributed by atoms with van der Waals surface area (Å²) in [6, 6.07) is 28.1. The van der Waals surface area contributed by atoms with Crippen LogP contribution in [0.15, 0.2) is 84.9 Å². The molecule has 4 heteroatoms. The first-order valence-electron chi connectivity index (χ1n) is 9.09. The first-order valence-corrected chi connectivity index (χ1v) is 9.09. The van der Waals surface area contributed by atoms with E-state index in [1.165, 1.54) is 0 Å². The smallest absolute Gasteiger partial charge is 0.179 e. The van der Waals surface area contributed by atoms with Gasteiger partial charge in [-0.05, 0) is 30.3 Å². The molecule has 0 saturated heterocycles. The molecular weight excluding hydrogens is 346 g/mol. The van der Waals surface area contributed by atoms with Crippen molar-refractivity contribution in [2.24, 2.45) is 0 Å². The molecule has 0 fully saturated rings. The van der Waals surface area contributed by atoms with Gasteiger partial charge in [-0.1, -0.05) is 54.6 Å². The first-order chi connectivity index (χ1) is 13.8. The summed E-state index contributed by atoms with van der Waals surface area (Å²) in [6.07, 6.45) is 0. The van der Waals surface area contributed by atoms with Crippen LogP contribution >= 0.6 is 0 Å². The number of hydrogen-bond acceptors (Lipinski definition) is 4. The number of ether oxygens (including phenoxy) is 1. The second-order valence-electron chi connectivity index (χ2n) is 6.53. The van der Waals surface area contributed by atoms with Gasteiger partial charge in [0.2, 0.25) is 0 Å². The van der Waals surface area contributed by atoms with Gasteiger partial charge in [-0.2, -0.15) is 0 Å². The molecule has 0 aliphatic rings. The van der Waals surface area contributed by atoms with Crippen molar-refractivity contribution >= 4 is 21.8 Å². The molecule has 134 valence electrons. The van der Waals surface area contributed by atoms with Crippen molar-refractivity contribution in [2.75, 3.05) is 7.11 Å². The topological polar surface area (TPSA) is 47.9 Å². The van der Waals surface area contributed by atoms with Crippen LogP contribution in [0.25, 0.3) is 44.6 Å². The Morgan fingerprint density at radius 3 is 2.36 bits per heavy atom. The molecule has 2 heterocycles. The second kappa shape index (κ2) is 6.74. The standard InChI is InChI=1S/C24H17N3O/c1-28-18-12-14-20-17(15-18)11-13-22(25-20)24-26-21-10-6-5-9-19(21)23(27-24)16-7-3-2-4-8-16/h2-15H,1H3. The lowest BCUT2D eigenvalue weighted by molar-refractivity contribution is 0.415. The van der Waals surface area contributed by atoms with Gasteiger partial charge in [-0.3, -0.25) is 0 Å². The van der Waals surface area contributed by atoms with Gasteiger partial charge in [0, 0.05) is 16.3 Å². The Balaban J connectivity index is 1.72. The molecule has 0 atom stereocenters. The van der Waals surface area contributed by atoms with Crippen LogP contribution in [0.4, 0.5) is 0 Å². The largest absolute Gasteiger partial charge is 0.497 e. The third-order valence-corrected chi connectivity index (χ3v) is 4.78. The van der Waals surface area contributed by atoms with E-state index < -0.39 is 0 Å². The summed E-state index contributed by atoms with van der Waals surface area (Å²) in [4.78, 5) is 14.4. The Morgan fingerprint density at radius 1 is 0.679 bits per heavy atom. The molecule has 2 aromatic heterocycles. The van der Waals surface area contributed by atoms with Crippen LogP contribution in [0.5, 0.6) is 5.75 Å². The van der Waals surface area contributed by atoms with Gasteiger partial charge in [0.05, 0.1) is 23.8 Å². The van der Waals surface area contributed by atoms with E-state index in [9.17, 15) is 0 Å². The molecule has 0 radical (unpaired) electrons. The average molecular weight is 363 g/mol. The normalized spacial score (nSPS) is 11.0. The maximum Gasteiger partial charge on any atom is 0.179 e. The van der Waals surface area contributed by atoms with Crippen molar-refractivity contribution in [3.8, 4) is 28.5 Å². The zero-order chi connectivity index (χ0) is 18.9. The highest BCUT2D eigenvalue weighted by Crippen LogP contribution is 2.29. The quantitative estimate of drug-likeness (QED) is 0.423. The van der Waals surface area contributed by atoms with Crippen LogP contribution in [0.2, 0.25) is 0 Å². The second-order valence-corrected chi connectivity index (χ2v) is 6.53. The van der Waals surface area contributed by atoms with Gasteiger partial charge >= 0.3 is 0 Å². The molecule has 5 aromatic rings. The minimum atomic E-state index is 0.621. The molecule has 0 spiro atoms. The zero-order valence-electron chi connectivity index (χ0n) is 15.3. The molecule has 5 rings (SSSR count). The lowest BCUT2D eigenvalue weighted by Crippen LogP contribution is -1.97. The van der Waals surface area contributed by atoms with E-state index in [0.29, 0.717) is 5.82 Å². The third-order valence-electron chi connectivity index (χ3n) is 4.78. The molecule has 0 N–H and O–H groups in total. The number of nitrogens with zero attached hydrogens (tertiary/aromatic N) is 3. The van der Waals surface area contributed by atoms with Crippen molar-refractivity contribution in [1.82, 2.24) is 15.0 Å². The molecule has 3 aromatic carbocycles. The Hall–Kier alpha value is -3.79. The highest BCUT2D eigenvalue weighted by molar-refractivity contribution is 5.93. The van der Waals surface area contributed by atoms with E-state index in [-0.39, 0.29) is 0 Å². The van der Waals surface area contributed by atoms with Crippen molar-refractivity contribution in [3.05, 3.63) is 84.9 Å². The molecular formula is C24H17N3O. The minimum Gasteiger partial charge on any atom is -0.497 e. The van der Waals surface area contributed by atoms with E-state index in [1.807, 2.05) is 66.7 Å². The maximum atomic E-state index is 5.30. The fourth-order valence-corrected chi connectivity index (χ4v) is 3.36. The first kappa shape index (κ1) is 16.4. The summed E-state index contributed by atoms with van der Waals surface area (Å²) < 4.78 is 5.30. The van der Waals surface area contributed by atoms with Crippen LogP contribution in [-0.2, 0) is 0 Å². The van der Waals surface area contributed by atoms with E-state index in [1.54, 1.807) is 7.11 Å². The fraction of sp³-hybridized carbons (Fsp3) is 0.0417. The van der Waals surface area contributed by atoms with E-state index in [0.717, 1.165) is 44.5 Å². The summed E-state index contributed by atoms with van der Waals surface area (Å²) in [5, 5.41) is 2.05. The van der Waals surface area contributed by atoms with E-state index in [4.69, 9.17) is 19.7 Å². The lowest BCUT2D eigenvalue weighted by Gasteiger charge is -2.09. The molecule has 0 amide bonds. The predicted octanol–water partition coefficient (Wildman–Crippen LogP) is 5.52. The molecule has 0 bridgehead atoms. The van der Waals surface area contributed by atoms with Crippen LogP contribution < -0.4 is 4.74 Å². The molecule has 4 nitrogen and oxygen atoms in total.